The van der Waals surface area contributed by atoms with Gasteiger partial charge in [0.2, 0.25) is 0 Å². The first-order valence-electron chi connectivity index (χ1n) is 9.13. The fourth-order valence-corrected chi connectivity index (χ4v) is 3.26. The summed E-state index contributed by atoms with van der Waals surface area (Å²) in [5.41, 5.74) is 2.73. The predicted molar refractivity (Wildman–Crippen MR) is 109 cm³/mol. The topological polar surface area (TPSA) is 57.7 Å². The highest BCUT2D eigenvalue weighted by Gasteiger charge is 2.11. The summed E-state index contributed by atoms with van der Waals surface area (Å²) in [5, 5.41) is 2.69. The lowest BCUT2D eigenvalue weighted by atomic mass is 10.2. The van der Waals surface area contributed by atoms with Crippen LogP contribution in [-0.2, 0) is 29.2 Å². The molecule has 0 aliphatic carbocycles. The summed E-state index contributed by atoms with van der Waals surface area (Å²) in [5.74, 6) is 1.22. The van der Waals surface area contributed by atoms with Crippen molar-refractivity contribution >= 4 is 17.3 Å². The van der Waals surface area contributed by atoms with Crippen LogP contribution in [0, 0.1) is 6.92 Å². The normalized spacial score (nSPS) is 10.5. The first-order valence-corrected chi connectivity index (χ1v) is 10.0. The number of aromatic nitrogens is 1. The number of nitrogens with zero attached hydrogens (tertiary/aromatic N) is 1. The van der Waals surface area contributed by atoms with Crippen molar-refractivity contribution in [3.8, 4) is 11.5 Å². The molecular weight excluding hydrogens is 374 g/mol. The van der Waals surface area contributed by atoms with Gasteiger partial charge in [-0.1, -0.05) is 35.9 Å². The Bertz CT molecular complexity index is 905. The molecule has 0 fully saturated rings. The zero-order valence-electron chi connectivity index (χ0n) is 16.0. The van der Waals surface area contributed by atoms with Gasteiger partial charge in [-0.05, 0) is 32.0 Å². The number of rotatable bonds is 9. The Morgan fingerprint density at radius 2 is 1.82 bits per heavy atom. The largest absolute Gasteiger partial charge is 0.493 e. The number of ether oxygens (including phenoxy) is 3. The zero-order chi connectivity index (χ0) is 19.8. The van der Waals surface area contributed by atoms with Gasteiger partial charge in [-0.15, -0.1) is 11.3 Å². The van der Waals surface area contributed by atoms with Crippen LogP contribution in [0.5, 0.6) is 11.5 Å². The summed E-state index contributed by atoms with van der Waals surface area (Å²) in [7, 11) is 0. The second-order valence-corrected chi connectivity index (χ2v) is 7.16. The first-order chi connectivity index (χ1) is 13.6. The Hall–Kier alpha value is -2.86. The second-order valence-electron chi connectivity index (χ2n) is 6.21. The Labute approximate surface area is 168 Å². The van der Waals surface area contributed by atoms with E-state index in [-0.39, 0.29) is 19.0 Å². The van der Waals surface area contributed by atoms with E-state index in [9.17, 15) is 4.79 Å². The van der Waals surface area contributed by atoms with Crippen molar-refractivity contribution in [3.05, 3.63) is 75.7 Å². The molecule has 1 aromatic heterocycles. The number of para-hydroxylation sites is 1. The van der Waals surface area contributed by atoms with Gasteiger partial charge in [-0.3, -0.25) is 4.79 Å². The van der Waals surface area contributed by atoms with E-state index in [4.69, 9.17) is 14.2 Å². The molecule has 5 nitrogen and oxygen atoms in total. The molecule has 0 saturated carbocycles. The van der Waals surface area contributed by atoms with Crippen molar-refractivity contribution in [3.63, 3.8) is 0 Å². The van der Waals surface area contributed by atoms with E-state index in [1.54, 1.807) is 0 Å². The van der Waals surface area contributed by atoms with Crippen LogP contribution in [0.1, 0.15) is 28.8 Å². The van der Waals surface area contributed by atoms with Gasteiger partial charge in [0.25, 0.3) is 0 Å². The summed E-state index contributed by atoms with van der Waals surface area (Å²) in [6.45, 7) is 5.08. The molecule has 3 aromatic rings. The van der Waals surface area contributed by atoms with Crippen molar-refractivity contribution in [2.75, 3.05) is 6.61 Å². The number of carbonyl (C=O) groups excluding carboxylic acids is 1. The Kier molecular flexibility index (Phi) is 7.03. The summed E-state index contributed by atoms with van der Waals surface area (Å²) in [4.78, 5) is 16.6. The molecule has 0 saturated heterocycles. The molecule has 0 aliphatic rings. The SMILES string of the molecule is CCOc1ccccc1COC(=O)Cc1csc(COc2ccc(C)cc2)n1. The zero-order valence-corrected chi connectivity index (χ0v) is 16.8. The highest BCUT2D eigenvalue weighted by Crippen LogP contribution is 2.20. The lowest BCUT2D eigenvalue weighted by Gasteiger charge is -2.10. The van der Waals surface area contributed by atoms with E-state index >= 15 is 0 Å². The Balaban J connectivity index is 1.48. The Morgan fingerprint density at radius 1 is 1.04 bits per heavy atom. The molecule has 0 aliphatic heterocycles. The van der Waals surface area contributed by atoms with Crippen LogP contribution in [0.3, 0.4) is 0 Å². The molecule has 3 rings (SSSR count). The predicted octanol–water partition coefficient (Wildman–Crippen LogP) is 4.72. The monoisotopic (exact) mass is 397 g/mol. The maximum absolute atomic E-state index is 12.1. The van der Waals surface area contributed by atoms with Gasteiger partial charge in [-0.25, -0.2) is 4.98 Å². The average molecular weight is 397 g/mol. The first kappa shape index (κ1) is 19.9. The number of hydrogen-bond donors (Lipinski definition) is 0. The molecule has 6 heteroatoms. The minimum atomic E-state index is -0.317. The second kappa shape index (κ2) is 9.90. The van der Waals surface area contributed by atoms with Gasteiger partial charge in [0.05, 0.1) is 18.7 Å². The summed E-state index contributed by atoms with van der Waals surface area (Å²) >= 11 is 1.47. The number of thiazole rings is 1. The number of esters is 1. The molecule has 28 heavy (non-hydrogen) atoms. The van der Waals surface area contributed by atoms with Crippen LogP contribution in [0.15, 0.2) is 53.9 Å². The molecule has 0 atom stereocenters. The van der Waals surface area contributed by atoms with Crippen LogP contribution < -0.4 is 9.47 Å². The van der Waals surface area contributed by atoms with Gasteiger partial charge in [0, 0.05) is 10.9 Å². The van der Waals surface area contributed by atoms with Crippen LogP contribution >= 0.6 is 11.3 Å². The van der Waals surface area contributed by atoms with Crippen molar-refractivity contribution < 1.29 is 19.0 Å². The Morgan fingerprint density at radius 3 is 2.61 bits per heavy atom. The van der Waals surface area contributed by atoms with E-state index in [1.807, 2.05) is 67.8 Å². The smallest absolute Gasteiger partial charge is 0.312 e. The van der Waals surface area contributed by atoms with Crippen LogP contribution in [-0.4, -0.2) is 17.6 Å². The number of hydrogen-bond acceptors (Lipinski definition) is 6. The number of benzene rings is 2. The molecule has 0 unspecified atom stereocenters. The fraction of sp³-hybridized carbons (Fsp3) is 0.273. The quantitative estimate of drug-likeness (QED) is 0.489. The van der Waals surface area contributed by atoms with Gasteiger partial charge in [-0.2, -0.15) is 0 Å². The van der Waals surface area contributed by atoms with Crippen LogP contribution in [0.2, 0.25) is 0 Å². The van der Waals surface area contributed by atoms with Gasteiger partial charge >= 0.3 is 5.97 Å². The summed E-state index contributed by atoms with van der Waals surface area (Å²) in [6, 6.07) is 15.4. The summed E-state index contributed by atoms with van der Waals surface area (Å²) in [6.07, 6.45) is 0.137. The third-order valence-corrected chi connectivity index (χ3v) is 4.84. The van der Waals surface area contributed by atoms with E-state index in [2.05, 4.69) is 4.98 Å². The molecule has 2 aromatic carbocycles. The third-order valence-electron chi connectivity index (χ3n) is 3.97. The van der Waals surface area contributed by atoms with Gasteiger partial charge < -0.3 is 14.2 Å². The molecule has 0 amide bonds. The highest BCUT2D eigenvalue weighted by atomic mass is 32.1. The number of aryl methyl sites for hydroxylation is 1. The maximum atomic E-state index is 12.1. The van der Waals surface area contributed by atoms with E-state index < -0.39 is 0 Å². The van der Waals surface area contributed by atoms with E-state index in [0.717, 1.165) is 22.1 Å². The molecule has 146 valence electrons. The lowest BCUT2D eigenvalue weighted by Crippen LogP contribution is -2.09. The third kappa shape index (κ3) is 5.82. The summed E-state index contributed by atoms with van der Waals surface area (Å²) < 4.78 is 16.7. The highest BCUT2D eigenvalue weighted by molar-refractivity contribution is 7.09. The molecule has 1 heterocycles. The molecule has 0 N–H and O–H groups in total. The molecule has 0 bridgehead atoms. The van der Waals surface area contributed by atoms with Crippen molar-refractivity contribution in [1.82, 2.24) is 4.98 Å². The van der Waals surface area contributed by atoms with Gasteiger partial charge in [0.15, 0.2) is 0 Å². The minimum absolute atomic E-state index is 0.137. The molecular formula is C22H23NO4S. The van der Waals surface area contributed by atoms with Gasteiger partial charge in [0.1, 0.15) is 29.7 Å². The van der Waals surface area contributed by atoms with Crippen molar-refractivity contribution in [2.45, 2.75) is 33.5 Å². The van der Waals surface area contributed by atoms with Crippen molar-refractivity contribution in [1.29, 1.82) is 0 Å². The lowest BCUT2D eigenvalue weighted by molar-refractivity contribution is -0.144. The van der Waals surface area contributed by atoms with Crippen LogP contribution in [0.4, 0.5) is 0 Å². The molecule has 0 radical (unpaired) electrons. The van der Waals surface area contributed by atoms with Crippen LogP contribution in [0.25, 0.3) is 0 Å². The fourth-order valence-electron chi connectivity index (χ4n) is 2.55. The average Bonchev–Trinajstić information content (AvgIpc) is 3.14. The standard InChI is InChI=1S/C22H23NO4S/c1-3-25-20-7-5-4-6-17(20)13-27-22(24)12-18-15-28-21(23-18)14-26-19-10-8-16(2)9-11-19/h4-11,15H,3,12-14H2,1-2H3. The molecule has 0 spiro atoms. The van der Waals surface area contributed by atoms with E-state index in [1.165, 1.54) is 16.9 Å². The maximum Gasteiger partial charge on any atom is 0.312 e. The number of carbonyl (C=O) groups is 1. The van der Waals surface area contributed by atoms with E-state index in [0.29, 0.717) is 18.9 Å². The van der Waals surface area contributed by atoms with Crippen molar-refractivity contribution in [2.24, 2.45) is 0 Å². The minimum Gasteiger partial charge on any atom is -0.493 e.